The zero-order valence-corrected chi connectivity index (χ0v) is 17.5. The van der Waals surface area contributed by atoms with E-state index in [1.807, 2.05) is 72.8 Å². The lowest BCUT2D eigenvalue weighted by atomic mass is 9.89. The molecule has 0 radical (unpaired) electrons. The Morgan fingerprint density at radius 2 is 1.84 bits per heavy atom. The molecule has 0 saturated carbocycles. The van der Waals surface area contributed by atoms with E-state index in [4.69, 9.17) is 0 Å². The molecule has 0 bridgehead atoms. The molecule has 4 aromatic rings. The van der Waals surface area contributed by atoms with Gasteiger partial charge >= 0.3 is 0 Å². The van der Waals surface area contributed by atoms with Crippen molar-refractivity contribution in [2.75, 3.05) is 5.32 Å². The molecule has 2 heterocycles. The molecule has 3 aromatic carbocycles. The van der Waals surface area contributed by atoms with Crippen molar-refractivity contribution in [2.24, 2.45) is 5.92 Å². The third-order valence-corrected chi connectivity index (χ3v) is 6.05. The van der Waals surface area contributed by atoms with Crippen LogP contribution in [0, 0.1) is 5.92 Å². The number of nitrogens with one attached hydrogen (secondary N) is 3. The van der Waals surface area contributed by atoms with Crippen molar-refractivity contribution in [2.45, 2.75) is 25.3 Å². The summed E-state index contributed by atoms with van der Waals surface area (Å²) in [6, 6.07) is 23.4. The van der Waals surface area contributed by atoms with Crippen LogP contribution in [0.4, 0.5) is 5.69 Å². The van der Waals surface area contributed by atoms with Gasteiger partial charge in [0, 0.05) is 18.0 Å². The standard InChI is InChI=1S/C26H24N4O2/c31-24(13-11-20-14-18-8-4-5-9-21(18)29-26(20)32)30-25(17-6-2-1-3-7-17)19-10-12-22-23(15-19)28-16-27-22/h1-10,12,15-16,20,25H,11,13-14H2,(H,27,28)(H,29,32)(H,30,31). The topological polar surface area (TPSA) is 86.9 Å². The van der Waals surface area contributed by atoms with Crippen molar-refractivity contribution >= 4 is 28.5 Å². The molecule has 2 atom stereocenters. The molecule has 5 rings (SSSR count). The number of rotatable bonds is 6. The van der Waals surface area contributed by atoms with Gasteiger partial charge in [0.25, 0.3) is 0 Å². The highest BCUT2D eigenvalue weighted by Crippen LogP contribution is 2.28. The van der Waals surface area contributed by atoms with Crippen LogP contribution in [-0.4, -0.2) is 21.8 Å². The second-order valence-electron chi connectivity index (χ2n) is 8.18. The van der Waals surface area contributed by atoms with Crippen molar-refractivity contribution < 1.29 is 9.59 Å². The van der Waals surface area contributed by atoms with Gasteiger partial charge in [0.15, 0.2) is 0 Å². The van der Waals surface area contributed by atoms with Gasteiger partial charge < -0.3 is 15.6 Å². The van der Waals surface area contributed by atoms with E-state index >= 15 is 0 Å². The minimum Gasteiger partial charge on any atom is -0.345 e. The fraction of sp³-hybridized carbons (Fsp3) is 0.192. The number of aromatic amines is 1. The van der Waals surface area contributed by atoms with E-state index in [-0.39, 0.29) is 30.2 Å². The Bertz CT molecular complexity index is 1270. The Balaban J connectivity index is 1.30. The summed E-state index contributed by atoms with van der Waals surface area (Å²) in [5, 5.41) is 6.14. The van der Waals surface area contributed by atoms with Crippen LogP contribution in [-0.2, 0) is 16.0 Å². The first-order chi connectivity index (χ1) is 15.7. The van der Waals surface area contributed by atoms with Crippen molar-refractivity contribution in [1.82, 2.24) is 15.3 Å². The lowest BCUT2D eigenvalue weighted by Gasteiger charge is -2.25. The van der Waals surface area contributed by atoms with Crippen LogP contribution in [0.3, 0.4) is 0 Å². The number of hydrogen-bond acceptors (Lipinski definition) is 3. The number of nitrogens with zero attached hydrogens (tertiary/aromatic N) is 1. The second-order valence-corrected chi connectivity index (χ2v) is 8.18. The van der Waals surface area contributed by atoms with E-state index < -0.39 is 0 Å². The molecule has 0 aliphatic carbocycles. The molecule has 3 N–H and O–H groups in total. The molecule has 1 aromatic heterocycles. The molecule has 0 saturated heterocycles. The molecule has 2 amide bonds. The van der Waals surface area contributed by atoms with Crippen LogP contribution in [0.15, 0.2) is 79.1 Å². The number of amides is 2. The summed E-state index contributed by atoms with van der Waals surface area (Å²) < 4.78 is 0. The molecular formula is C26H24N4O2. The molecule has 160 valence electrons. The highest BCUT2D eigenvalue weighted by molar-refractivity contribution is 5.96. The minimum absolute atomic E-state index is 0.0131. The number of benzene rings is 3. The Hall–Kier alpha value is -3.93. The number of carbonyl (C=O) groups is 2. The van der Waals surface area contributed by atoms with Crippen molar-refractivity contribution in [3.63, 3.8) is 0 Å². The normalized spacial score (nSPS) is 16.2. The molecule has 0 spiro atoms. The Morgan fingerprint density at radius 3 is 2.72 bits per heavy atom. The van der Waals surface area contributed by atoms with Gasteiger partial charge in [-0.3, -0.25) is 9.59 Å². The summed E-state index contributed by atoms with van der Waals surface area (Å²) in [7, 11) is 0. The number of imidazole rings is 1. The average Bonchev–Trinajstić information content (AvgIpc) is 3.30. The first-order valence-corrected chi connectivity index (χ1v) is 10.8. The molecule has 1 aliphatic heterocycles. The fourth-order valence-electron chi connectivity index (χ4n) is 4.32. The van der Waals surface area contributed by atoms with E-state index in [2.05, 4.69) is 20.6 Å². The Kier molecular flexibility index (Phi) is 5.42. The minimum atomic E-state index is -0.280. The predicted molar refractivity (Wildman–Crippen MR) is 124 cm³/mol. The number of fused-ring (bicyclic) bond motifs is 2. The van der Waals surface area contributed by atoms with E-state index in [1.54, 1.807) is 6.33 Å². The Morgan fingerprint density at radius 1 is 1.03 bits per heavy atom. The van der Waals surface area contributed by atoms with Gasteiger partial charge in [-0.15, -0.1) is 0 Å². The summed E-state index contributed by atoms with van der Waals surface area (Å²) in [6.07, 6.45) is 3.12. The van der Waals surface area contributed by atoms with Crippen LogP contribution in [0.25, 0.3) is 11.0 Å². The van der Waals surface area contributed by atoms with E-state index in [0.29, 0.717) is 12.8 Å². The molecular weight excluding hydrogens is 400 g/mol. The number of aromatic nitrogens is 2. The van der Waals surface area contributed by atoms with Crippen molar-refractivity contribution in [3.05, 3.63) is 95.8 Å². The molecule has 1 aliphatic rings. The summed E-state index contributed by atoms with van der Waals surface area (Å²) in [4.78, 5) is 32.8. The highest BCUT2D eigenvalue weighted by Gasteiger charge is 2.27. The number of hydrogen-bond donors (Lipinski definition) is 3. The van der Waals surface area contributed by atoms with Crippen LogP contribution in [0.2, 0.25) is 0 Å². The maximum atomic E-state index is 12.9. The molecule has 0 fully saturated rings. The first kappa shape index (κ1) is 20.0. The zero-order valence-electron chi connectivity index (χ0n) is 17.5. The first-order valence-electron chi connectivity index (χ1n) is 10.8. The van der Waals surface area contributed by atoms with Crippen LogP contribution < -0.4 is 10.6 Å². The summed E-state index contributed by atoms with van der Waals surface area (Å²) in [6.45, 7) is 0. The Labute approximate surface area is 186 Å². The number of anilines is 1. The maximum Gasteiger partial charge on any atom is 0.227 e. The number of carbonyl (C=O) groups excluding carboxylic acids is 2. The van der Waals surface area contributed by atoms with Crippen molar-refractivity contribution in [1.29, 1.82) is 0 Å². The third-order valence-electron chi connectivity index (χ3n) is 6.05. The van der Waals surface area contributed by atoms with Crippen LogP contribution in [0.1, 0.15) is 35.6 Å². The third kappa shape index (κ3) is 4.12. The van der Waals surface area contributed by atoms with E-state index in [0.717, 1.165) is 33.4 Å². The SMILES string of the molecule is O=C(CCC1Cc2ccccc2NC1=O)NC(c1ccccc1)c1ccc2nc[nH]c2c1. The van der Waals surface area contributed by atoms with Gasteiger partial charge in [-0.1, -0.05) is 54.6 Å². The highest BCUT2D eigenvalue weighted by atomic mass is 16.2. The van der Waals surface area contributed by atoms with Gasteiger partial charge in [-0.05, 0) is 47.7 Å². The van der Waals surface area contributed by atoms with Gasteiger partial charge in [0.05, 0.1) is 23.4 Å². The second kappa shape index (κ2) is 8.67. The van der Waals surface area contributed by atoms with E-state index in [1.165, 1.54) is 0 Å². The predicted octanol–water partition coefficient (Wildman–Crippen LogP) is 4.36. The molecule has 2 unspecified atom stereocenters. The molecule has 32 heavy (non-hydrogen) atoms. The lowest BCUT2D eigenvalue weighted by molar-refractivity contribution is -0.123. The van der Waals surface area contributed by atoms with Gasteiger partial charge in [-0.25, -0.2) is 4.98 Å². The quantitative estimate of drug-likeness (QED) is 0.430. The largest absolute Gasteiger partial charge is 0.345 e. The molecule has 6 nitrogen and oxygen atoms in total. The van der Waals surface area contributed by atoms with Gasteiger partial charge in [-0.2, -0.15) is 0 Å². The van der Waals surface area contributed by atoms with Crippen LogP contribution >= 0.6 is 0 Å². The summed E-state index contributed by atoms with van der Waals surface area (Å²) >= 11 is 0. The smallest absolute Gasteiger partial charge is 0.227 e. The van der Waals surface area contributed by atoms with E-state index in [9.17, 15) is 9.59 Å². The number of para-hydroxylation sites is 1. The van der Waals surface area contributed by atoms with Gasteiger partial charge in [0.2, 0.25) is 11.8 Å². The monoisotopic (exact) mass is 424 g/mol. The zero-order chi connectivity index (χ0) is 21.9. The van der Waals surface area contributed by atoms with Crippen molar-refractivity contribution in [3.8, 4) is 0 Å². The number of H-pyrrole nitrogens is 1. The summed E-state index contributed by atoms with van der Waals surface area (Å²) in [5.74, 6) is -0.289. The molecule has 6 heteroatoms. The summed E-state index contributed by atoms with van der Waals surface area (Å²) in [5.41, 5.74) is 5.78. The van der Waals surface area contributed by atoms with Gasteiger partial charge in [0.1, 0.15) is 0 Å². The van der Waals surface area contributed by atoms with Crippen LogP contribution in [0.5, 0.6) is 0 Å². The average molecular weight is 425 g/mol. The fourth-order valence-corrected chi connectivity index (χ4v) is 4.32. The lowest BCUT2D eigenvalue weighted by Crippen LogP contribution is -2.33. The maximum absolute atomic E-state index is 12.9.